The van der Waals surface area contributed by atoms with E-state index >= 15 is 0 Å². The maximum Gasteiger partial charge on any atom is 0.106 e. The molecule has 12 rings (SSSR count). The predicted molar refractivity (Wildman–Crippen MR) is 276 cm³/mol. The lowest BCUT2D eigenvalue weighted by Crippen LogP contribution is -2.26. The molecule has 9 aromatic carbocycles. The van der Waals surface area contributed by atoms with E-state index in [1.807, 2.05) is 43.2 Å². The SMILES string of the molecule is C=C.C=O.Cc1ccc2c(c1)C1(c3ccccc3-c3ccccc31)c1cc(-c3ccc4c(c3)-c3ccccc3CNc3ccccc3N4)ccc1-2.Cc1ccccc1.Cc1ccccc1. The number of aryl methyl sites for hydroxylation is 3. The molecule has 0 radical (unpaired) electrons. The van der Waals surface area contributed by atoms with Crippen molar-refractivity contribution in [1.29, 1.82) is 0 Å². The second-order valence-electron chi connectivity index (χ2n) is 16.4. The van der Waals surface area contributed by atoms with E-state index in [0.717, 1.165) is 23.6 Å². The Morgan fingerprint density at radius 2 is 0.831 bits per heavy atom. The van der Waals surface area contributed by atoms with Crippen LogP contribution < -0.4 is 10.6 Å². The van der Waals surface area contributed by atoms with Gasteiger partial charge in [-0.2, -0.15) is 0 Å². The summed E-state index contributed by atoms with van der Waals surface area (Å²) in [6.07, 6.45) is 0. The van der Waals surface area contributed by atoms with Gasteiger partial charge in [0.15, 0.2) is 0 Å². The molecule has 2 aliphatic carbocycles. The maximum absolute atomic E-state index is 8.00. The highest BCUT2D eigenvalue weighted by atomic mass is 16.1. The van der Waals surface area contributed by atoms with Gasteiger partial charge in [-0.25, -0.2) is 0 Å². The number of hydrogen-bond donors (Lipinski definition) is 2. The summed E-state index contributed by atoms with van der Waals surface area (Å²) in [5, 5.41) is 7.43. The lowest BCUT2D eigenvalue weighted by molar-refractivity contribution is -0.0980. The van der Waals surface area contributed by atoms with Crippen molar-refractivity contribution < 1.29 is 4.79 Å². The van der Waals surface area contributed by atoms with Gasteiger partial charge in [0.1, 0.15) is 6.79 Å². The normalized spacial score (nSPS) is 12.2. The van der Waals surface area contributed by atoms with Crippen LogP contribution in [-0.4, -0.2) is 6.79 Å². The minimum Gasteiger partial charge on any atom is -0.379 e. The van der Waals surface area contributed by atoms with E-state index < -0.39 is 0 Å². The Morgan fingerprint density at radius 3 is 1.43 bits per heavy atom. The number of fused-ring (bicyclic) bond motifs is 14. The third kappa shape index (κ3) is 8.33. The summed E-state index contributed by atoms with van der Waals surface area (Å²) >= 11 is 0. The predicted octanol–water partition coefficient (Wildman–Crippen LogP) is 15.9. The fourth-order valence-electron chi connectivity index (χ4n) is 9.58. The van der Waals surface area contributed by atoms with E-state index in [0.29, 0.717) is 0 Å². The summed E-state index contributed by atoms with van der Waals surface area (Å²) in [7, 11) is 0. The number of nitrogens with one attached hydrogen (secondary N) is 2. The van der Waals surface area contributed by atoms with Crippen LogP contribution in [0.2, 0.25) is 0 Å². The standard InChI is InChI=1S/C45H32N2.2C7H8.C2H4.CH2O/c1-28-18-21-35-36-22-19-30(26-41(36)45(40(35)24-28)38-14-6-4-12-33(38)34-13-5-7-15-39(34)45)29-20-23-42-37(25-29)32-11-3-2-10-31(32)27-46-43-16-8-9-17-44(43)47-42;2*1-7-5-3-2-4-6-7;2*1-2/h2-26,46-47H,27H2,1H3;2*2-6H,1H3;1-2H2;1H2. The van der Waals surface area contributed by atoms with Crippen molar-refractivity contribution in [2.45, 2.75) is 32.7 Å². The van der Waals surface area contributed by atoms with Gasteiger partial charge in [0.05, 0.1) is 16.8 Å². The molecule has 0 saturated heterocycles. The Bertz CT molecular complexity index is 2990. The number of carbonyl (C=O) groups is 1. The summed E-state index contributed by atoms with van der Waals surface area (Å²) < 4.78 is 0. The van der Waals surface area contributed by atoms with Gasteiger partial charge >= 0.3 is 0 Å². The fourth-order valence-corrected chi connectivity index (χ4v) is 9.58. The monoisotopic (exact) mass is 842 g/mol. The van der Waals surface area contributed by atoms with Crippen LogP contribution in [0.15, 0.2) is 225 Å². The van der Waals surface area contributed by atoms with E-state index in [1.165, 1.54) is 89.0 Å². The van der Waals surface area contributed by atoms with E-state index in [1.54, 1.807) is 0 Å². The van der Waals surface area contributed by atoms with Gasteiger partial charge in [-0.05, 0) is 118 Å². The third-order valence-electron chi connectivity index (χ3n) is 12.5. The Morgan fingerprint density at radius 1 is 0.369 bits per heavy atom. The lowest BCUT2D eigenvalue weighted by atomic mass is 9.70. The zero-order valence-corrected chi connectivity index (χ0v) is 37.4. The van der Waals surface area contributed by atoms with E-state index in [4.69, 9.17) is 4.79 Å². The number of carbonyl (C=O) groups excluding carboxylic acids is 1. The van der Waals surface area contributed by atoms with Crippen molar-refractivity contribution in [1.82, 2.24) is 0 Å². The van der Waals surface area contributed by atoms with Crippen molar-refractivity contribution in [3.63, 3.8) is 0 Å². The van der Waals surface area contributed by atoms with Gasteiger partial charge in [-0.15, -0.1) is 13.2 Å². The van der Waals surface area contributed by atoms with Crippen molar-refractivity contribution in [3.05, 3.63) is 270 Å². The highest BCUT2D eigenvalue weighted by molar-refractivity contribution is 5.97. The lowest BCUT2D eigenvalue weighted by Gasteiger charge is -2.31. The van der Waals surface area contributed by atoms with Gasteiger partial charge in [0.2, 0.25) is 0 Å². The van der Waals surface area contributed by atoms with Crippen LogP contribution >= 0.6 is 0 Å². The molecule has 0 aromatic heterocycles. The molecule has 0 amide bonds. The van der Waals surface area contributed by atoms with Crippen molar-refractivity contribution in [2.24, 2.45) is 0 Å². The smallest absolute Gasteiger partial charge is 0.106 e. The summed E-state index contributed by atoms with van der Waals surface area (Å²) in [4.78, 5) is 8.00. The van der Waals surface area contributed by atoms with E-state index in [2.05, 4.69) is 220 Å². The van der Waals surface area contributed by atoms with Crippen LogP contribution in [0, 0.1) is 20.8 Å². The van der Waals surface area contributed by atoms with Crippen molar-refractivity contribution >= 4 is 23.9 Å². The van der Waals surface area contributed by atoms with Crippen LogP contribution in [0.5, 0.6) is 0 Å². The molecule has 65 heavy (non-hydrogen) atoms. The highest BCUT2D eigenvalue weighted by Gasteiger charge is 2.51. The van der Waals surface area contributed by atoms with Crippen molar-refractivity contribution in [3.8, 4) is 44.5 Å². The molecular weight excluding hydrogens is 789 g/mol. The van der Waals surface area contributed by atoms with E-state index in [9.17, 15) is 0 Å². The van der Waals surface area contributed by atoms with Crippen molar-refractivity contribution in [2.75, 3.05) is 10.6 Å². The zero-order valence-electron chi connectivity index (χ0n) is 37.4. The third-order valence-corrected chi connectivity index (χ3v) is 12.5. The summed E-state index contributed by atoms with van der Waals surface area (Å²) in [6.45, 7) is 15.1. The fraction of sp³-hybridized carbons (Fsp3) is 0.0806. The molecule has 0 saturated carbocycles. The summed E-state index contributed by atoms with van der Waals surface area (Å²) in [5.41, 5.74) is 23.9. The first kappa shape index (κ1) is 43.6. The maximum atomic E-state index is 8.00. The molecule has 3 nitrogen and oxygen atoms in total. The van der Waals surface area contributed by atoms with Gasteiger partial charge in [-0.3, -0.25) is 0 Å². The molecule has 1 aliphatic heterocycles. The molecule has 1 spiro atoms. The first-order valence-corrected chi connectivity index (χ1v) is 22.1. The molecule has 2 N–H and O–H groups in total. The molecule has 3 aliphatic rings. The minimum absolute atomic E-state index is 0.356. The topological polar surface area (TPSA) is 41.1 Å². The van der Waals surface area contributed by atoms with Gasteiger partial charge in [0.25, 0.3) is 0 Å². The average Bonchev–Trinajstić information content (AvgIpc) is 3.84. The number of anilines is 3. The Hall–Kier alpha value is -8.01. The quantitative estimate of drug-likeness (QED) is 0.162. The van der Waals surface area contributed by atoms with Gasteiger partial charge in [0, 0.05) is 17.8 Å². The molecule has 9 aromatic rings. The van der Waals surface area contributed by atoms with Crippen LogP contribution in [0.1, 0.15) is 44.5 Å². The first-order chi connectivity index (χ1) is 32.0. The molecule has 1 heterocycles. The number of hydrogen-bond acceptors (Lipinski definition) is 3. The zero-order chi connectivity index (χ0) is 45.3. The number of para-hydroxylation sites is 2. The molecule has 0 atom stereocenters. The van der Waals surface area contributed by atoms with Crippen LogP contribution in [0.3, 0.4) is 0 Å². The average molecular weight is 843 g/mol. The highest BCUT2D eigenvalue weighted by Crippen LogP contribution is 2.63. The minimum atomic E-state index is -0.356. The molecular formula is C62H54N2O. The van der Waals surface area contributed by atoms with Gasteiger partial charge < -0.3 is 15.4 Å². The van der Waals surface area contributed by atoms with Crippen LogP contribution in [-0.2, 0) is 16.8 Å². The number of benzene rings is 9. The van der Waals surface area contributed by atoms with Gasteiger partial charge in [-0.1, -0.05) is 199 Å². The number of rotatable bonds is 1. The molecule has 0 bridgehead atoms. The van der Waals surface area contributed by atoms with Crippen LogP contribution in [0.4, 0.5) is 17.1 Å². The summed E-state index contributed by atoms with van der Waals surface area (Å²) in [6, 6.07) is 76.9. The Balaban J connectivity index is 0.000000271. The molecule has 318 valence electrons. The largest absolute Gasteiger partial charge is 0.379 e. The molecule has 3 heteroatoms. The summed E-state index contributed by atoms with van der Waals surface area (Å²) in [5.74, 6) is 0. The first-order valence-electron chi connectivity index (χ1n) is 22.1. The Kier molecular flexibility index (Phi) is 13.1. The molecule has 0 unspecified atom stereocenters. The molecule has 0 fully saturated rings. The second-order valence-corrected chi connectivity index (χ2v) is 16.4. The van der Waals surface area contributed by atoms with E-state index in [-0.39, 0.29) is 5.41 Å². The Labute approximate surface area is 384 Å². The van der Waals surface area contributed by atoms with Crippen LogP contribution in [0.25, 0.3) is 44.5 Å². The second kappa shape index (κ2) is 19.6.